The van der Waals surface area contributed by atoms with Crippen LogP contribution >= 0.6 is 0 Å². The van der Waals surface area contributed by atoms with Crippen molar-refractivity contribution in [3.63, 3.8) is 0 Å². The molecule has 0 saturated heterocycles. The number of aromatic amines is 2. The Morgan fingerprint density at radius 3 is 1.36 bits per heavy atom. The zero-order valence-corrected chi connectivity index (χ0v) is 19.4. The lowest BCUT2D eigenvalue weighted by molar-refractivity contribution is 0.103. The minimum Gasteiger partial charge on any atom is -0.342 e. The van der Waals surface area contributed by atoms with Crippen molar-refractivity contribution in [2.24, 2.45) is 0 Å². The summed E-state index contributed by atoms with van der Waals surface area (Å²) in [6.45, 7) is 0. The first-order chi connectivity index (χ1) is 17.6. The number of imidazole rings is 2. The van der Waals surface area contributed by atoms with E-state index in [1.165, 1.54) is 0 Å². The molecule has 2 N–H and O–H groups in total. The minimum absolute atomic E-state index is 0.0129. The number of H-pyrrole nitrogens is 2. The summed E-state index contributed by atoms with van der Waals surface area (Å²) in [6, 6.07) is 29.6. The molecule has 6 aromatic rings. The van der Waals surface area contributed by atoms with Gasteiger partial charge >= 0.3 is 0 Å². The van der Waals surface area contributed by atoms with E-state index in [9.17, 15) is 9.59 Å². The van der Waals surface area contributed by atoms with Crippen molar-refractivity contribution in [3.8, 4) is 0 Å². The van der Waals surface area contributed by atoms with Gasteiger partial charge in [-0.05, 0) is 36.4 Å². The van der Waals surface area contributed by atoms with Crippen LogP contribution in [0.4, 0.5) is 0 Å². The number of benzene rings is 4. The van der Waals surface area contributed by atoms with E-state index in [0.717, 1.165) is 33.7 Å². The highest BCUT2D eigenvalue weighted by atomic mass is 16.1. The fourth-order valence-electron chi connectivity index (χ4n) is 4.39. The third kappa shape index (κ3) is 4.20. The standard InChI is InChI=1S/C30H22N4O2/c35-29(19-7-3-1-4-8-19)21-11-13-23-25(17-21)33-27(31-23)15-16-28-32-24-14-12-22(18-26(24)34-28)30(36)20-9-5-2-6-10-20/h1-14,17-18H,15-16H2,(H,31,33)(H,32,34). The van der Waals surface area contributed by atoms with Crippen molar-refractivity contribution < 1.29 is 9.59 Å². The number of nitrogens with one attached hydrogen (secondary N) is 2. The Labute approximate surface area is 207 Å². The van der Waals surface area contributed by atoms with Gasteiger partial charge in [0.2, 0.25) is 0 Å². The van der Waals surface area contributed by atoms with Crippen LogP contribution in [-0.2, 0) is 12.8 Å². The summed E-state index contributed by atoms with van der Waals surface area (Å²) < 4.78 is 0. The summed E-state index contributed by atoms with van der Waals surface area (Å²) in [6.07, 6.45) is 1.32. The summed E-state index contributed by atoms with van der Waals surface area (Å²) >= 11 is 0. The first-order valence-electron chi connectivity index (χ1n) is 11.8. The van der Waals surface area contributed by atoms with E-state index >= 15 is 0 Å². The Hall–Kier alpha value is -4.84. The number of carbonyl (C=O) groups excluding carboxylic acids is 2. The molecule has 2 heterocycles. The SMILES string of the molecule is O=C(c1ccccc1)c1ccc2nc(CCc3nc4ccc(C(=O)c5ccccc5)cc4[nH]3)[nH]c2c1. The van der Waals surface area contributed by atoms with Gasteiger partial charge in [0.05, 0.1) is 22.1 Å². The van der Waals surface area contributed by atoms with Crippen molar-refractivity contribution in [3.05, 3.63) is 131 Å². The molecule has 0 unspecified atom stereocenters. The molecular formula is C30H22N4O2. The second-order valence-corrected chi connectivity index (χ2v) is 8.72. The molecule has 0 bridgehead atoms. The second kappa shape index (κ2) is 9.07. The fourth-order valence-corrected chi connectivity index (χ4v) is 4.39. The van der Waals surface area contributed by atoms with Crippen molar-refractivity contribution in [2.45, 2.75) is 12.8 Å². The average Bonchev–Trinajstić information content (AvgIpc) is 3.54. The molecule has 0 atom stereocenters. The molecule has 0 fully saturated rings. The van der Waals surface area contributed by atoms with E-state index in [1.54, 1.807) is 0 Å². The Morgan fingerprint density at radius 2 is 0.944 bits per heavy atom. The monoisotopic (exact) mass is 470 g/mol. The predicted molar refractivity (Wildman–Crippen MR) is 139 cm³/mol. The maximum absolute atomic E-state index is 12.8. The zero-order chi connectivity index (χ0) is 24.5. The largest absolute Gasteiger partial charge is 0.342 e. The highest BCUT2D eigenvalue weighted by Crippen LogP contribution is 2.20. The molecule has 0 aliphatic carbocycles. The number of nitrogens with zero attached hydrogens (tertiary/aromatic N) is 2. The number of carbonyl (C=O) groups is 2. The van der Waals surface area contributed by atoms with E-state index in [0.29, 0.717) is 35.1 Å². The molecule has 6 rings (SSSR count). The van der Waals surface area contributed by atoms with Gasteiger partial charge < -0.3 is 9.97 Å². The number of hydrogen-bond donors (Lipinski definition) is 2. The zero-order valence-electron chi connectivity index (χ0n) is 19.4. The molecule has 174 valence electrons. The van der Waals surface area contributed by atoms with Crippen LogP contribution in [-0.4, -0.2) is 31.5 Å². The van der Waals surface area contributed by atoms with E-state index in [1.807, 2.05) is 97.1 Å². The van der Waals surface area contributed by atoms with Crippen LogP contribution in [0.1, 0.15) is 43.5 Å². The van der Waals surface area contributed by atoms with E-state index < -0.39 is 0 Å². The number of hydrogen-bond acceptors (Lipinski definition) is 4. The van der Waals surface area contributed by atoms with Gasteiger partial charge in [0.25, 0.3) is 0 Å². The lowest BCUT2D eigenvalue weighted by Gasteiger charge is -2.00. The van der Waals surface area contributed by atoms with Gasteiger partial charge in [-0.25, -0.2) is 9.97 Å². The van der Waals surface area contributed by atoms with Crippen LogP contribution in [0, 0.1) is 0 Å². The second-order valence-electron chi connectivity index (χ2n) is 8.72. The summed E-state index contributed by atoms with van der Waals surface area (Å²) in [4.78, 5) is 41.6. The molecule has 0 saturated carbocycles. The number of aromatic nitrogens is 4. The lowest BCUT2D eigenvalue weighted by Crippen LogP contribution is -2.00. The molecule has 0 amide bonds. The molecule has 0 radical (unpaired) electrons. The minimum atomic E-state index is -0.0129. The Balaban J connectivity index is 1.18. The molecule has 4 aromatic carbocycles. The Kier molecular flexibility index (Phi) is 5.46. The Bertz CT molecular complexity index is 1590. The average molecular weight is 471 g/mol. The van der Waals surface area contributed by atoms with Crippen LogP contribution in [0.2, 0.25) is 0 Å². The molecule has 0 spiro atoms. The molecular weight excluding hydrogens is 448 g/mol. The molecule has 0 aliphatic rings. The fraction of sp³-hybridized carbons (Fsp3) is 0.0667. The van der Waals surface area contributed by atoms with E-state index in [2.05, 4.69) is 19.9 Å². The van der Waals surface area contributed by atoms with Gasteiger partial charge in [0.15, 0.2) is 11.6 Å². The molecule has 36 heavy (non-hydrogen) atoms. The van der Waals surface area contributed by atoms with Crippen LogP contribution < -0.4 is 0 Å². The van der Waals surface area contributed by atoms with Crippen molar-refractivity contribution in [1.29, 1.82) is 0 Å². The Morgan fingerprint density at radius 1 is 0.528 bits per heavy atom. The van der Waals surface area contributed by atoms with Crippen LogP contribution in [0.5, 0.6) is 0 Å². The quantitative estimate of drug-likeness (QED) is 0.293. The van der Waals surface area contributed by atoms with Gasteiger partial charge in [-0.3, -0.25) is 9.59 Å². The van der Waals surface area contributed by atoms with Crippen molar-refractivity contribution >= 4 is 33.6 Å². The van der Waals surface area contributed by atoms with Crippen LogP contribution in [0.15, 0.2) is 97.1 Å². The van der Waals surface area contributed by atoms with Gasteiger partial charge in [0, 0.05) is 35.1 Å². The smallest absolute Gasteiger partial charge is 0.193 e. The number of ketones is 2. The van der Waals surface area contributed by atoms with Crippen molar-refractivity contribution in [2.75, 3.05) is 0 Å². The third-order valence-electron chi connectivity index (χ3n) is 6.26. The maximum atomic E-state index is 12.8. The maximum Gasteiger partial charge on any atom is 0.193 e. The summed E-state index contributed by atoms with van der Waals surface area (Å²) in [7, 11) is 0. The van der Waals surface area contributed by atoms with Crippen LogP contribution in [0.25, 0.3) is 22.1 Å². The first kappa shape index (κ1) is 21.7. The third-order valence-corrected chi connectivity index (χ3v) is 6.26. The van der Waals surface area contributed by atoms with Crippen LogP contribution in [0.3, 0.4) is 0 Å². The lowest BCUT2D eigenvalue weighted by atomic mass is 10.0. The normalized spacial score (nSPS) is 11.2. The first-order valence-corrected chi connectivity index (χ1v) is 11.8. The van der Waals surface area contributed by atoms with Crippen molar-refractivity contribution in [1.82, 2.24) is 19.9 Å². The van der Waals surface area contributed by atoms with Gasteiger partial charge in [-0.15, -0.1) is 0 Å². The predicted octanol–water partition coefficient (Wildman–Crippen LogP) is 5.69. The van der Waals surface area contributed by atoms with Gasteiger partial charge in [-0.2, -0.15) is 0 Å². The summed E-state index contributed by atoms with van der Waals surface area (Å²) in [5.74, 6) is 1.63. The highest BCUT2D eigenvalue weighted by Gasteiger charge is 2.13. The van der Waals surface area contributed by atoms with Gasteiger partial charge in [-0.1, -0.05) is 60.7 Å². The molecule has 6 heteroatoms. The number of aryl methyl sites for hydroxylation is 2. The number of fused-ring (bicyclic) bond motifs is 2. The summed E-state index contributed by atoms with van der Waals surface area (Å²) in [5.41, 5.74) is 5.89. The molecule has 2 aromatic heterocycles. The van der Waals surface area contributed by atoms with E-state index in [-0.39, 0.29) is 11.6 Å². The highest BCUT2D eigenvalue weighted by molar-refractivity contribution is 6.11. The molecule has 6 nitrogen and oxygen atoms in total. The topological polar surface area (TPSA) is 91.5 Å². The van der Waals surface area contributed by atoms with E-state index in [4.69, 9.17) is 0 Å². The van der Waals surface area contributed by atoms with Gasteiger partial charge in [0.1, 0.15) is 11.6 Å². The number of rotatable bonds is 7. The summed E-state index contributed by atoms with van der Waals surface area (Å²) in [5, 5.41) is 0. The molecule has 0 aliphatic heterocycles.